The molecule has 2 atom stereocenters. The van der Waals surface area contributed by atoms with Crippen molar-refractivity contribution >= 4 is 17.9 Å². The summed E-state index contributed by atoms with van der Waals surface area (Å²) >= 11 is 0. The lowest BCUT2D eigenvalue weighted by Crippen LogP contribution is -2.52. The van der Waals surface area contributed by atoms with E-state index in [1.54, 1.807) is 4.90 Å². The molecule has 0 spiro atoms. The molecule has 0 saturated carbocycles. The van der Waals surface area contributed by atoms with E-state index >= 15 is 0 Å². The van der Waals surface area contributed by atoms with Gasteiger partial charge in [0, 0.05) is 33.3 Å². The van der Waals surface area contributed by atoms with Crippen LogP contribution < -0.4 is 5.32 Å². The molecule has 23 heavy (non-hydrogen) atoms. The maximum absolute atomic E-state index is 12.4. The Balaban J connectivity index is 1.90. The number of methoxy groups -OCH3 is 1. The number of carboxylic acids is 1. The van der Waals surface area contributed by atoms with E-state index in [-0.39, 0.29) is 24.5 Å². The Labute approximate surface area is 135 Å². The molecule has 2 saturated heterocycles. The molecule has 2 heterocycles. The standard InChI is InChI=1S/C15H25N3O5/c1-23-10-12(14(20)21)16-13(19)11-5-4-8-18(9-11)15(22)17-6-2-3-7-17/h11-12H,2-10H2,1H3,(H,16,19)(H,20,21). The number of rotatable bonds is 5. The number of hydrogen-bond acceptors (Lipinski definition) is 4. The first-order valence-electron chi connectivity index (χ1n) is 8.09. The minimum absolute atomic E-state index is 0.00771. The van der Waals surface area contributed by atoms with Gasteiger partial charge in [0.2, 0.25) is 5.91 Å². The average molecular weight is 327 g/mol. The van der Waals surface area contributed by atoms with Crippen molar-refractivity contribution in [3.8, 4) is 0 Å². The quantitative estimate of drug-likeness (QED) is 0.748. The Hall–Kier alpha value is -1.83. The molecule has 8 heteroatoms. The number of likely N-dealkylation sites (tertiary alicyclic amines) is 2. The number of nitrogens with zero attached hydrogens (tertiary/aromatic N) is 2. The van der Waals surface area contributed by atoms with E-state index in [2.05, 4.69) is 5.32 Å². The lowest BCUT2D eigenvalue weighted by molar-refractivity contribution is -0.144. The molecule has 2 N–H and O–H groups in total. The van der Waals surface area contributed by atoms with E-state index < -0.39 is 12.0 Å². The highest BCUT2D eigenvalue weighted by Crippen LogP contribution is 2.20. The van der Waals surface area contributed by atoms with Gasteiger partial charge < -0.3 is 25.0 Å². The second-order valence-electron chi connectivity index (χ2n) is 6.12. The number of aliphatic carboxylic acids is 1. The summed E-state index contributed by atoms with van der Waals surface area (Å²) < 4.78 is 4.81. The highest BCUT2D eigenvalue weighted by atomic mass is 16.5. The fourth-order valence-corrected chi connectivity index (χ4v) is 3.10. The smallest absolute Gasteiger partial charge is 0.328 e. The highest BCUT2D eigenvalue weighted by Gasteiger charge is 2.33. The number of piperidine rings is 1. The van der Waals surface area contributed by atoms with Crippen LogP contribution >= 0.6 is 0 Å². The van der Waals surface area contributed by atoms with Gasteiger partial charge in [-0.1, -0.05) is 0 Å². The Kier molecular flexibility index (Phi) is 6.20. The molecule has 0 aromatic carbocycles. The van der Waals surface area contributed by atoms with Crippen LogP contribution in [0.15, 0.2) is 0 Å². The minimum atomic E-state index is -1.12. The molecule has 8 nitrogen and oxygen atoms in total. The Morgan fingerprint density at radius 3 is 2.43 bits per heavy atom. The van der Waals surface area contributed by atoms with Crippen molar-refractivity contribution in [2.45, 2.75) is 31.7 Å². The maximum atomic E-state index is 12.4. The SMILES string of the molecule is COCC(NC(=O)C1CCCN(C(=O)N2CCCC2)C1)C(=O)O. The maximum Gasteiger partial charge on any atom is 0.328 e. The molecule has 3 amide bonds. The van der Waals surface area contributed by atoms with Gasteiger partial charge in [0.1, 0.15) is 0 Å². The second kappa shape index (κ2) is 8.14. The van der Waals surface area contributed by atoms with Crippen LogP contribution in [0, 0.1) is 5.92 Å². The van der Waals surface area contributed by atoms with Gasteiger partial charge in [-0.25, -0.2) is 9.59 Å². The molecule has 0 bridgehead atoms. The zero-order valence-corrected chi connectivity index (χ0v) is 13.5. The fraction of sp³-hybridized carbons (Fsp3) is 0.800. The van der Waals surface area contributed by atoms with Crippen molar-refractivity contribution in [1.82, 2.24) is 15.1 Å². The number of nitrogens with one attached hydrogen (secondary N) is 1. The van der Waals surface area contributed by atoms with Crippen molar-refractivity contribution in [3.63, 3.8) is 0 Å². The van der Waals surface area contributed by atoms with Crippen LogP contribution in [0.1, 0.15) is 25.7 Å². The van der Waals surface area contributed by atoms with Crippen molar-refractivity contribution < 1.29 is 24.2 Å². The number of hydrogen-bond donors (Lipinski definition) is 2. The summed E-state index contributed by atoms with van der Waals surface area (Å²) in [5.41, 5.74) is 0. The molecular weight excluding hydrogens is 302 g/mol. The number of urea groups is 1. The molecule has 0 aromatic rings. The molecule has 2 unspecified atom stereocenters. The molecule has 2 aliphatic heterocycles. The lowest BCUT2D eigenvalue weighted by atomic mass is 9.97. The van der Waals surface area contributed by atoms with Gasteiger partial charge in [-0.05, 0) is 25.7 Å². The predicted molar refractivity (Wildman–Crippen MR) is 81.9 cm³/mol. The molecule has 0 aliphatic carbocycles. The van der Waals surface area contributed by atoms with Crippen molar-refractivity contribution in [3.05, 3.63) is 0 Å². The summed E-state index contributed by atoms with van der Waals surface area (Å²) in [6.45, 7) is 2.48. The average Bonchev–Trinajstić information content (AvgIpc) is 3.08. The molecule has 130 valence electrons. The second-order valence-corrected chi connectivity index (χ2v) is 6.12. The topological polar surface area (TPSA) is 99.2 Å². The summed E-state index contributed by atoms with van der Waals surface area (Å²) in [6, 6.07) is -1.07. The normalized spacial score (nSPS) is 22.7. The van der Waals surface area contributed by atoms with Gasteiger partial charge in [-0.15, -0.1) is 0 Å². The number of carbonyl (C=O) groups is 3. The van der Waals surface area contributed by atoms with E-state index in [4.69, 9.17) is 9.84 Å². The van der Waals surface area contributed by atoms with Gasteiger partial charge in [0.25, 0.3) is 0 Å². The minimum Gasteiger partial charge on any atom is -0.480 e. The number of carboxylic acid groups (broad SMARTS) is 1. The van der Waals surface area contributed by atoms with E-state index in [1.165, 1.54) is 7.11 Å². The van der Waals surface area contributed by atoms with Crippen molar-refractivity contribution in [1.29, 1.82) is 0 Å². The van der Waals surface area contributed by atoms with Crippen LogP contribution in [0.4, 0.5) is 4.79 Å². The van der Waals surface area contributed by atoms with Crippen LogP contribution in [0.25, 0.3) is 0 Å². The summed E-state index contributed by atoms with van der Waals surface area (Å²) in [7, 11) is 1.39. The van der Waals surface area contributed by atoms with Crippen LogP contribution in [0.5, 0.6) is 0 Å². The van der Waals surface area contributed by atoms with Crippen LogP contribution in [-0.2, 0) is 14.3 Å². The first kappa shape index (κ1) is 17.5. The molecule has 2 fully saturated rings. The Bertz CT molecular complexity index is 450. The third kappa shape index (κ3) is 4.57. The van der Waals surface area contributed by atoms with Gasteiger partial charge >= 0.3 is 12.0 Å². The zero-order chi connectivity index (χ0) is 16.8. The third-order valence-electron chi connectivity index (χ3n) is 4.39. The first-order chi connectivity index (χ1) is 11.0. The van der Waals surface area contributed by atoms with Gasteiger partial charge in [0.05, 0.1) is 12.5 Å². The molecule has 0 radical (unpaired) electrons. The van der Waals surface area contributed by atoms with Crippen molar-refractivity contribution in [2.24, 2.45) is 5.92 Å². The van der Waals surface area contributed by atoms with E-state index in [0.29, 0.717) is 19.5 Å². The zero-order valence-electron chi connectivity index (χ0n) is 13.5. The Morgan fingerprint density at radius 1 is 1.17 bits per heavy atom. The van der Waals surface area contributed by atoms with Gasteiger partial charge in [-0.3, -0.25) is 4.79 Å². The Morgan fingerprint density at radius 2 is 1.83 bits per heavy atom. The summed E-state index contributed by atoms with van der Waals surface area (Å²) in [5.74, 6) is -1.82. The number of carbonyl (C=O) groups excluding carboxylic acids is 2. The van der Waals surface area contributed by atoms with E-state index in [1.807, 2.05) is 4.90 Å². The fourth-order valence-electron chi connectivity index (χ4n) is 3.10. The molecule has 0 aromatic heterocycles. The van der Waals surface area contributed by atoms with Crippen LogP contribution in [-0.4, -0.2) is 78.8 Å². The van der Waals surface area contributed by atoms with Crippen LogP contribution in [0.2, 0.25) is 0 Å². The predicted octanol–water partition coefficient (Wildman–Crippen LogP) is 0.130. The summed E-state index contributed by atoms with van der Waals surface area (Å²) in [4.78, 5) is 39.3. The number of ether oxygens (including phenoxy) is 1. The van der Waals surface area contributed by atoms with E-state index in [9.17, 15) is 14.4 Å². The highest BCUT2D eigenvalue weighted by molar-refractivity contribution is 5.86. The molecule has 2 rings (SSSR count). The third-order valence-corrected chi connectivity index (χ3v) is 4.39. The summed E-state index contributed by atoms with van der Waals surface area (Å²) in [5, 5.41) is 11.6. The largest absolute Gasteiger partial charge is 0.480 e. The van der Waals surface area contributed by atoms with Gasteiger partial charge in [0.15, 0.2) is 6.04 Å². The number of amides is 3. The molecular formula is C15H25N3O5. The lowest BCUT2D eigenvalue weighted by Gasteiger charge is -2.35. The first-order valence-corrected chi connectivity index (χ1v) is 8.09. The van der Waals surface area contributed by atoms with Crippen LogP contribution in [0.3, 0.4) is 0 Å². The van der Waals surface area contributed by atoms with Crippen molar-refractivity contribution in [2.75, 3.05) is 39.9 Å². The monoisotopic (exact) mass is 327 g/mol. The summed E-state index contributed by atoms with van der Waals surface area (Å²) in [6.07, 6.45) is 3.47. The molecule has 2 aliphatic rings. The van der Waals surface area contributed by atoms with E-state index in [0.717, 1.165) is 32.4 Å². The van der Waals surface area contributed by atoms with Gasteiger partial charge in [-0.2, -0.15) is 0 Å².